The summed E-state index contributed by atoms with van der Waals surface area (Å²) in [5, 5.41) is 0. The molecule has 1 aliphatic heterocycles. The van der Waals surface area contributed by atoms with Crippen LogP contribution >= 0.6 is 15.9 Å². The molecule has 3 aromatic rings. The normalized spacial score (nSPS) is 17.9. The molecule has 0 saturated carbocycles. The second kappa shape index (κ2) is 5.70. The van der Waals surface area contributed by atoms with Crippen LogP contribution in [0.4, 0.5) is 10.1 Å². The number of benzene rings is 2. The van der Waals surface area contributed by atoms with Crippen molar-refractivity contribution in [2.45, 2.75) is 12.3 Å². The topological polar surface area (TPSA) is 38.1 Å². The highest BCUT2D eigenvalue weighted by atomic mass is 79.9. The summed E-state index contributed by atoms with van der Waals surface area (Å²) in [4.78, 5) is 18.8. The summed E-state index contributed by atoms with van der Waals surface area (Å²) in [7, 11) is 1.97. The minimum Gasteiger partial charge on any atom is -0.331 e. The molecule has 1 amide bonds. The number of fused-ring (bicyclic) bond motifs is 1. The Kier molecular flexibility index (Phi) is 3.64. The van der Waals surface area contributed by atoms with Crippen molar-refractivity contribution in [1.29, 1.82) is 0 Å². The van der Waals surface area contributed by atoms with E-state index >= 15 is 0 Å². The third-order valence-corrected chi connectivity index (χ3v) is 5.32. The number of carbonyl (C=O) groups excluding carboxylic acids is 1. The third kappa shape index (κ3) is 2.33. The van der Waals surface area contributed by atoms with Crippen LogP contribution in [-0.2, 0) is 11.8 Å². The Labute approximate surface area is 147 Å². The number of nitrogens with zero attached hydrogens (tertiary/aromatic N) is 3. The molecule has 4 rings (SSSR count). The minimum atomic E-state index is -0.369. The van der Waals surface area contributed by atoms with Crippen molar-refractivity contribution in [2.75, 3.05) is 11.4 Å². The molecule has 6 heteroatoms. The molecule has 1 atom stereocenters. The minimum absolute atomic E-state index is 0.00920. The first-order valence-electron chi connectivity index (χ1n) is 7.72. The summed E-state index contributed by atoms with van der Waals surface area (Å²) in [5.41, 5.74) is 2.54. The first-order chi connectivity index (χ1) is 11.6. The zero-order chi connectivity index (χ0) is 16.8. The fraction of sp³-hybridized carbons (Fsp3) is 0.222. The number of halogens is 2. The molecule has 0 N–H and O–H groups in total. The van der Waals surface area contributed by atoms with E-state index in [9.17, 15) is 9.18 Å². The highest BCUT2D eigenvalue weighted by Gasteiger charge is 2.35. The first-order valence-corrected chi connectivity index (χ1v) is 8.51. The van der Waals surface area contributed by atoms with E-state index in [0.29, 0.717) is 23.1 Å². The van der Waals surface area contributed by atoms with Crippen molar-refractivity contribution in [3.8, 4) is 0 Å². The van der Waals surface area contributed by atoms with E-state index in [-0.39, 0.29) is 17.6 Å². The summed E-state index contributed by atoms with van der Waals surface area (Å²) in [5.74, 6) is 0.495. The monoisotopic (exact) mass is 387 g/mol. The lowest BCUT2D eigenvalue weighted by Crippen LogP contribution is -2.25. The Morgan fingerprint density at radius 3 is 2.79 bits per heavy atom. The molecule has 1 unspecified atom stereocenters. The SMILES string of the molecule is Cn1c(C2CC(=O)N(c3cccc(F)c3Br)C2)nc2ccccc21. The molecule has 1 fully saturated rings. The molecule has 122 valence electrons. The highest BCUT2D eigenvalue weighted by molar-refractivity contribution is 9.10. The Morgan fingerprint density at radius 2 is 2.00 bits per heavy atom. The summed E-state index contributed by atoms with van der Waals surface area (Å²) < 4.78 is 16.1. The van der Waals surface area contributed by atoms with E-state index in [1.54, 1.807) is 17.0 Å². The van der Waals surface area contributed by atoms with Crippen molar-refractivity contribution in [2.24, 2.45) is 7.05 Å². The van der Waals surface area contributed by atoms with E-state index in [0.717, 1.165) is 16.9 Å². The number of hydrogen-bond acceptors (Lipinski definition) is 2. The standard InChI is InChI=1S/C18H15BrFN3O/c1-22-14-7-3-2-6-13(14)21-18(22)11-9-16(24)23(10-11)15-8-4-5-12(20)17(15)19/h2-8,11H,9-10H2,1H3. The van der Waals surface area contributed by atoms with Gasteiger partial charge < -0.3 is 9.47 Å². The third-order valence-electron chi connectivity index (χ3n) is 4.53. The van der Waals surface area contributed by atoms with E-state index < -0.39 is 0 Å². The van der Waals surface area contributed by atoms with Gasteiger partial charge in [0.15, 0.2) is 0 Å². The Bertz CT molecular complexity index is 953. The molecule has 4 nitrogen and oxygen atoms in total. The number of aryl methyl sites for hydroxylation is 1. The van der Waals surface area contributed by atoms with E-state index in [1.165, 1.54) is 6.07 Å². The second-order valence-electron chi connectivity index (χ2n) is 6.00. The zero-order valence-electron chi connectivity index (χ0n) is 13.0. The van der Waals surface area contributed by atoms with Crippen molar-refractivity contribution in [3.63, 3.8) is 0 Å². The van der Waals surface area contributed by atoms with Gasteiger partial charge in [0.2, 0.25) is 5.91 Å². The maximum absolute atomic E-state index is 13.8. The van der Waals surface area contributed by atoms with E-state index in [2.05, 4.69) is 15.9 Å². The van der Waals surface area contributed by atoms with Crippen molar-refractivity contribution in [3.05, 3.63) is 58.6 Å². The summed E-state index contributed by atoms with van der Waals surface area (Å²) in [6.07, 6.45) is 0.375. The zero-order valence-corrected chi connectivity index (χ0v) is 14.6. The lowest BCUT2D eigenvalue weighted by atomic mass is 10.1. The van der Waals surface area contributed by atoms with Gasteiger partial charge in [0.1, 0.15) is 11.6 Å². The largest absolute Gasteiger partial charge is 0.331 e. The van der Waals surface area contributed by atoms with Crippen LogP contribution in [-0.4, -0.2) is 22.0 Å². The van der Waals surface area contributed by atoms with Gasteiger partial charge in [0.05, 0.1) is 21.2 Å². The van der Waals surface area contributed by atoms with Gasteiger partial charge in [0.25, 0.3) is 0 Å². The van der Waals surface area contributed by atoms with Crippen molar-refractivity contribution < 1.29 is 9.18 Å². The summed E-state index contributed by atoms with van der Waals surface area (Å²) in [6.45, 7) is 0.498. The highest BCUT2D eigenvalue weighted by Crippen LogP contribution is 2.36. The number of imidazole rings is 1. The predicted molar refractivity (Wildman–Crippen MR) is 94.5 cm³/mol. The molecule has 1 aromatic heterocycles. The Balaban J connectivity index is 1.71. The second-order valence-corrected chi connectivity index (χ2v) is 6.79. The number of amides is 1. The number of anilines is 1. The molecular formula is C18H15BrFN3O. The molecule has 2 aromatic carbocycles. The molecular weight excluding hydrogens is 373 g/mol. The van der Waals surface area contributed by atoms with Gasteiger partial charge in [-0.2, -0.15) is 0 Å². The van der Waals surface area contributed by atoms with Gasteiger partial charge in [-0.25, -0.2) is 9.37 Å². The Hall–Kier alpha value is -2.21. The van der Waals surface area contributed by atoms with Crippen LogP contribution in [0.5, 0.6) is 0 Å². The maximum atomic E-state index is 13.8. The number of carbonyl (C=O) groups is 1. The number of rotatable bonds is 2. The fourth-order valence-electron chi connectivity index (χ4n) is 3.34. The van der Waals surface area contributed by atoms with Crippen LogP contribution in [0.3, 0.4) is 0 Å². The van der Waals surface area contributed by atoms with E-state index in [1.807, 2.05) is 35.9 Å². The lowest BCUT2D eigenvalue weighted by Gasteiger charge is -2.18. The quantitative estimate of drug-likeness (QED) is 0.666. The van der Waals surface area contributed by atoms with E-state index in [4.69, 9.17) is 4.98 Å². The van der Waals surface area contributed by atoms with Crippen LogP contribution in [0.1, 0.15) is 18.2 Å². The van der Waals surface area contributed by atoms with Gasteiger partial charge >= 0.3 is 0 Å². The number of hydrogen-bond donors (Lipinski definition) is 0. The van der Waals surface area contributed by atoms with Gasteiger partial charge in [-0.1, -0.05) is 18.2 Å². The summed E-state index contributed by atoms with van der Waals surface area (Å²) in [6, 6.07) is 12.7. The average Bonchev–Trinajstić information content (AvgIpc) is 3.11. The molecule has 0 aliphatic carbocycles. The molecule has 1 saturated heterocycles. The average molecular weight is 388 g/mol. The molecule has 0 bridgehead atoms. The number of aromatic nitrogens is 2. The van der Waals surface area contributed by atoms with Gasteiger partial charge in [-0.15, -0.1) is 0 Å². The van der Waals surface area contributed by atoms with Crippen molar-refractivity contribution in [1.82, 2.24) is 9.55 Å². The molecule has 0 radical (unpaired) electrons. The van der Waals surface area contributed by atoms with Crippen LogP contribution in [0.25, 0.3) is 11.0 Å². The van der Waals surface area contributed by atoms with Crippen LogP contribution < -0.4 is 4.90 Å². The van der Waals surface area contributed by atoms with Crippen LogP contribution in [0, 0.1) is 5.82 Å². The van der Waals surface area contributed by atoms with Gasteiger partial charge in [0, 0.05) is 25.9 Å². The van der Waals surface area contributed by atoms with Crippen LogP contribution in [0.15, 0.2) is 46.9 Å². The van der Waals surface area contributed by atoms with Crippen molar-refractivity contribution >= 4 is 38.6 Å². The fourth-order valence-corrected chi connectivity index (χ4v) is 3.82. The molecule has 1 aliphatic rings. The predicted octanol–water partition coefficient (Wildman–Crippen LogP) is 4.00. The molecule has 2 heterocycles. The Morgan fingerprint density at radius 1 is 1.21 bits per heavy atom. The van der Waals surface area contributed by atoms with Gasteiger partial charge in [-0.05, 0) is 40.2 Å². The lowest BCUT2D eigenvalue weighted by molar-refractivity contribution is -0.117. The summed E-state index contributed by atoms with van der Waals surface area (Å²) >= 11 is 3.25. The van der Waals surface area contributed by atoms with Crippen LogP contribution in [0.2, 0.25) is 0 Å². The maximum Gasteiger partial charge on any atom is 0.227 e. The molecule has 0 spiro atoms. The smallest absolute Gasteiger partial charge is 0.227 e. The molecule has 24 heavy (non-hydrogen) atoms. The first kappa shape index (κ1) is 15.3. The van der Waals surface area contributed by atoms with Gasteiger partial charge in [-0.3, -0.25) is 4.79 Å². The number of para-hydroxylation sites is 2.